The van der Waals surface area contributed by atoms with Crippen molar-refractivity contribution in [1.82, 2.24) is 14.5 Å². The number of hydrogen-bond donors (Lipinski definition) is 1. The van der Waals surface area contributed by atoms with E-state index < -0.39 is 5.97 Å². The van der Waals surface area contributed by atoms with Gasteiger partial charge >= 0.3 is 5.97 Å². The van der Waals surface area contributed by atoms with Crippen molar-refractivity contribution < 1.29 is 9.90 Å². The van der Waals surface area contributed by atoms with Gasteiger partial charge in [0.1, 0.15) is 11.9 Å². The van der Waals surface area contributed by atoms with Crippen molar-refractivity contribution in [3.8, 4) is 0 Å². The number of fused-ring (bicyclic) bond motifs is 1. The Morgan fingerprint density at radius 2 is 2.19 bits per heavy atom. The van der Waals surface area contributed by atoms with E-state index >= 15 is 0 Å². The Morgan fingerprint density at radius 3 is 2.90 bits per heavy atom. The van der Waals surface area contributed by atoms with Crippen LogP contribution in [0.5, 0.6) is 0 Å². The molecule has 21 heavy (non-hydrogen) atoms. The molecule has 116 valence electrons. The number of carboxylic acid groups (broad SMARTS) is 1. The standard InChI is InChI=1S/C16H25N3O2/c1-11(2)18-8-7-17-15(18)10-19-13-6-4-3-5-12(13)9-14(19)16(20)21/h7-8,11-14H,3-6,9-10H2,1-2H3,(H,20,21). The van der Waals surface area contributed by atoms with Crippen LogP contribution in [0.15, 0.2) is 12.4 Å². The zero-order valence-electron chi connectivity index (χ0n) is 12.9. The minimum Gasteiger partial charge on any atom is -0.480 e. The third kappa shape index (κ3) is 2.71. The van der Waals surface area contributed by atoms with E-state index in [2.05, 4.69) is 28.3 Å². The highest BCUT2D eigenvalue weighted by atomic mass is 16.4. The van der Waals surface area contributed by atoms with Gasteiger partial charge in [-0.2, -0.15) is 0 Å². The first-order valence-corrected chi connectivity index (χ1v) is 8.08. The molecule has 1 aromatic rings. The van der Waals surface area contributed by atoms with Gasteiger partial charge < -0.3 is 9.67 Å². The average molecular weight is 291 g/mol. The maximum Gasteiger partial charge on any atom is 0.320 e. The molecule has 5 heteroatoms. The summed E-state index contributed by atoms with van der Waals surface area (Å²) in [5, 5.41) is 9.57. The van der Waals surface area contributed by atoms with Gasteiger partial charge in [0.2, 0.25) is 0 Å². The van der Waals surface area contributed by atoms with Crippen LogP contribution in [-0.4, -0.2) is 37.6 Å². The van der Waals surface area contributed by atoms with E-state index in [1.165, 1.54) is 19.3 Å². The fourth-order valence-electron chi connectivity index (χ4n) is 4.12. The molecule has 0 radical (unpaired) electrons. The van der Waals surface area contributed by atoms with E-state index in [1.807, 2.05) is 12.4 Å². The number of imidazole rings is 1. The first kappa shape index (κ1) is 14.6. The fraction of sp³-hybridized carbons (Fsp3) is 0.750. The zero-order chi connectivity index (χ0) is 15.0. The summed E-state index contributed by atoms with van der Waals surface area (Å²) in [4.78, 5) is 18.3. The molecule has 1 saturated carbocycles. The van der Waals surface area contributed by atoms with Gasteiger partial charge in [0, 0.05) is 24.5 Å². The van der Waals surface area contributed by atoms with Crippen molar-refractivity contribution in [3.05, 3.63) is 18.2 Å². The molecule has 0 spiro atoms. The van der Waals surface area contributed by atoms with Crippen LogP contribution in [0.4, 0.5) is 0 Å². The molecule has 0 aromatic carbocycles. The topological polar surface area (TPSA) is 58.4 Å². The Labute approximate surface area is 126 Å². The number of aromatic nitrogens is 2. The van der Waals surface area contributed by atoms with Gasteiger partial charge in [-0.3, -0.25) is 9.69 Å². The number of carbonyl (C=O) groups is 1. The third-order valence-electron chi connectivity index (χ3n) is 5.14. The summed E-state index contributed by atoms with van der Waals surface area (Å²) in [5.41, 5.74) is 0. The molecule has 0 amide bonds. The second-order valence-corrected chi connectivity index (χ2v) is 6.72. The number of rotatable bonds is 4. The smallest absolute Gasteiger partial charge is 0.320 e. The Hall–Kier alpha value is -1.36. The number of hydrogen-bond acceptors (Lipinski definition) is 3. The molecule has 2 fully saturated rings. The fourth-order valence-corrected chi connectivity index (χ4v) is 4.12. The van der Waals surface area contributed by atoms with Crippen molar-refractivity contribution in [1.29, 1.82) is 0 Å². The molecule has 1 aliphatic carbocycles. The van der Waals surface area contributed by atoms with Crippen LogP contribution in [-0.2, 0) is 11.3 Å². The van der Waals surface area contributed by atoms with Crippen LogP contribution >= 0.6 is 0 Å². The lowest BCUT2D eigenvalue weighted by molar-refractivity contribution is -0.143. The number of likely N-dealkylation sites (tertiary alicyclic amines) is 1. The van der Waals surface area contributed by atoms with Gasteiger partial charge in [0.15, 0.2) is 0 Å². The first-order chi connectivity index (χ1) is 10.1. The minimum atomic E-state index is -0.674. The van der Waals surface area contributed by atoms with Crippen LogP contribution in [0.2, 0.25) is 0 Å². The van der Waals surface area contributed by atoms with Crippen molar-refractivity contribution in [2.24, 2.45) is 5.92 Å². The molecule has 3 unspecified atom stereocenters. The van der Waals surface area contributed by atoms with Gasteiger partial charge in [0.25, 0.3) is 0 Å². The molecule has 3 rings (SSSR count). The lowest BCUT2D eigenvalue weighted by atomic mass is 9.85. The van der Waals surface area contributed by atoms with Crippen molar-refractivity contribution >= 4 is 5.97 Å². The largest absolute Gasteiger partial charge is 0.480 e. The van der Waals surface area contributed by atoms with Gasteiger partial charge in [-0.25, -0.2) is 4.98 Å². The van der Waals surface area contributed by atoms with Crippen molar-refractivity contribution in [2.75, 3.05) is 0 Å². The van der Waals surface area contributed by atoms with E-state index in [1.54, 1.807) is 0 Å². The maximum atomic E-state index is 11.6. The van der Waals surface area contributed by atoms with Gasteiger partial charge in [0.05, 0.1) is 6.54 Å². The second-order valence-electron chi connectivity index (χ2n) is 6.72. The first-order valence-electron chi connectivity index (χ1n) is 8.08. The Balaban J connectivity index is 1.83. The molecule has 1 aliphatic heterocycles. The minimum absolute atomic E-state index is 0.338. The molecule has 2 heterocycles. The summed E-state index contributed by atoms with van der Waals surface area (Å²) in [7, 11) is 0. The molecular formula is C16H25N3O2. The number of aliphatic carboxylic acids is 1. The van der Waals surface area contributed by atoms with Gasteiger partial charge in [-0.15, -0.1) is 0 Å². The lowest BCUT2D eigenvalue weighted by Crippen LogP contribution is -2.42. The summed E-state index contributed by atoms with van der Waals surface area (Å²) in [6.45, 7) is 4.92. The summed E-state index contributed by atoms with van der Waals surface area (Å²) in [6, 6.07) is 0.447. The maximum absolute atomic E-state index is 11.6. The molecule has 1 aromatic heterocycles. The van der Waals surface area contributed by atoms with Gasteiger partial charge in [-0.05, 0) is 39.0 Å². The molecule has 5 nitrogen and oxygen atoms in total. The highest BCUT2D eigenvalue weighted by Gasteiger charge is 2.45. The van der Waals surface area contributed by atoms with Gasteiger partial charge in [-0.1, -0.05) is 12.8 Å². The molecule has 1 N–H and O–H groups in total. The Morgan fingerprint density at radius 1 is 1.43 bits per heavy atom. The summed E-state index contributed by atoms with van der Waals surface area (Å²) in [6.07, 6.45) is 9.41. The van der Waals surface area contributed by atoms with E-state index in [4.69, 9.17) is 0 Å². The summed E-state index contributed by atoms with van der Waals surface area (Å²) < 4.78 is 2.15. The van der Waals surface area contributed by atoms with E-state index in [9.17, 15) is 9.90 Å². The predicted octanol–water partition coefficient (Wildman–Crippen LogP) is 2.68. The van der Waals surface area contributed by atoms with Crippen LogP contribution < -0.4 is 0 Å². The molecule has 0 bridgehead atoms. The highest BCUT2D eigenvalue weighted by molar-refractivity contribution is 5.74. The van der Waals surface area contributed by atoms with Crippen LogP contribution in [0.1, 0.15) is 57.8 Å². The van der Waals surface area contributed by atoms with E-state index in [-0.39, 0.29) is 6.04 Å². The Kier molecular flexibility index (Phi) is 4.02. The quantitative estimate of drug-likeness (QED) is 0.926. The molecule has 3 atom stereocenters. The molecule has 1 saturated heterocycles. The third-order valence-corrected chi connectivity index (χ3v) is 5.14. The lowest BCUT2D eigenvalue weighted by Gasteiger charge is -2.33. The predicted molar refractivity (Wildman–Crippen MR) is 79.9 cm³/mol. The number of nitrogens with zero attached hydrogens (tertiary/aromatic N) is 3. The van der Waals surface area contributed by atoms with Crippen molar-refractivity contribution in [3.63, 3.8) is 0 Å². The average Bonchev–Trinajstić information content (AvgIpc) is 3.04. The Bertz CT molecular complexity index is 511. The zero-order valence-corrected chi connectivity index (χ0v) is 12.9. The second kappa shape index (κ2) is 5.79. The monoisotopic (exact) mass is 291 g/mol. The van der Waals surface area contributed by atoms with Crippen LogP contribution in [0.25, 0.3) is 0 Å². The normalized spacial score (nSPS) is 29.8. The van der Waals surface area contributed by atoms with E-state index in [0.717, 1.165) is 18.7 Å². The van der Waals surface area contributed by atoms with Crippen molar-refractivity contribution in [2.45, 2.75) is 70.6 Å². The van der Waals surface area contributed by atoms with Crippen LogP contribution in [0, 0.1) is 5.92 Å². The summed E-state index contributed by atoms with van der Waals surface area (Å²) in [5.74, 6) is 0.872. The molecule has 2 aliphatic rings. The SMILES string of the molecule is CC(C)n1ccnc1CN1C(C(=O)O)CC2CCCCC21. The highest BCUT2D eigenvalue weighted by Crippen LogP contribution is 2.40. The van der Waals surface area contributed by atoms with E-state index in [0.29, 0.717) is 24.5 Å². The van der Waals surface area contributed by atoms with Crippen LogP contribution in [0.3, 0.4) is 0 Å². The summed E-state index contributed by atoms with van der Waals surface area (Å²) >= 11 is 0. The molecular weight excluding hydrogens is 266 g/mol. The number of carboxylic acids is 1.